The number of aryl methyl sites for hydroxylation is 1. The number of aromatic nitrogens is 2. The van der Waals surface area contributed by atoms with E-state index in [1.807, 2.05) is 0 Å². The molecular weight excluding hydrogens is 459 g/mol. The van der Waals surface area contributed by atoms with Gasteiger partial charge < -0.3 is 14.3 Å². The second kappa shape index (κ2) is 10.4. The summed E-state index contributed by atoms with van der Waals surface area (Å²) in [5.41, 5.74) is 2.99. The maximum atomic E-state index is 13.4. The molecule has 1 saturated heterocycles. The first-order valence-electron chi connectivity index (χ1n) is 10.9. The van der Waals surface area contributed by atoms with E-state index >= 15 is 0 Å². The first-order chi connectivity index (χ1) is 15.9. The van der Waals surface area contributed by atoms with Crippen LogP contribution in [-0.4, -0.2) is 40.6 Å². The van der Waals surface area contributed by atoms with E-state index in [9.17, 15) is 4.79 Å². The molecule has 1 unspecified atom stereocenters. The molecule has 8 heteroatoms. The Hall–Kier alpha value is -2.83. The van der Waals surface area contributed by atoms with Gasteiger partial charge in [-0.3, -0.25) is 4.79 Å². The van der Waals surface area contributed by atoms with Crippen molar-refractivity contribution < 1.29 is 9.32 Å². The van der Waals surface area contributed by atoms with Crippen LogP contribution in [0.25, 0.3) is 11.4 Å². The Bertz CT molecular complexity index is 1130. The second-order valence-corrected chi connectivity index (χ2v) is 9.11. The van der Waals surface area contributed by atoms with Crippen LogP contribution in [0.4, 0.5) is 5.69 Å². The fourth-order valence-corrected chi connectivity index (χ4v) is 4.57. The van der Waals surface area contributed by atoms with Crippen LogP contribution in [-0.2, 0) is 11.3 Å². The van der Waals surface area contributed by atoms with Crippen LogP contribution < -0.4 is 4.90 Å². The van der Waals surface area contributed by atoms with Crippen molar-refractivity contribution in [1.82, 2.24) is 15.0 Å². The van der Waals surface area contributed by atoms with Crippen molar-refractivity contribution in [1.29, 1.82) is 0 Å². The summed E-state index contributed by atoms with van der Waals surface area (Å²) in [5, 5.41) is 5.00. The lowest BCUT2D eigenvalue weighted by Gasteiger charge is -2.35. The topological polar surface area (TPSA) is 62.5 Å². The Labute approximate surface area is 203 Å². The molecule has 1 amide bonds. The standard InChI is InChI=1S/C25H26Cl2N4O2/c1-3-12-31(16-23-28-24(29-33-23)21-11-8-19(26)14-22(21)27)25(32)18-5-4-13-30(15-18)20-9-6-17(2)7-10-20/h3,6-11,14,18H,1,4-5,12-13,15-16H2,2H3. The highest BCUT2D eigenvalue weighted by atomic mass is 35.5. The van der Waals surface area contributed by atoms with Crippen molar-refractivity contribution in [3.05, 3.63) is 76.6 Å². The lowest BCUT2D eigenvalue weighted by Crippen LogP contribution is -2.44. The zero-order valence-electron chi connectivity index (χ0n) is 18.5. The average Bonchev–Trinajstić information content (AvgIpc) is 3.27. The predicted molar refractivity (Wildman–Crippen MR) is 131 cm³/mol. The van der Waals surface area contributed by atoms with Crippen LogP contribution >= 0.6 is 23.2 Å². The molecule has 0 aliphatic carbocycles. The monoisotopic (exact) mass is 484 g/mol. The first-order valence-corrected chi connectivity index (χ1v) is 11.7. The Balaban J connectivity index is 1.47. The first kappa shape index (κ1) is 23.3. The molecule has 0 N–H and O–H groups in total. The molecular formula is C25H26Cl2N4O2. The summed E-state index contributed by atoms with van der Waals surface area (Å²) in [5.74, 6) is 0.669. The lowest BCUT2D eigenvalue weighted by atomic mass is 9.95. The molecule has 0 saturated carbocycles. The van der Waals surface area contributed by atoms with Gasteiger partial charge >= 0.3 is 0 Å². The number of carbonyl (C=O) groups excluding carboxylic acids is 1. The summed E-state index contributed by atoms with van der Waals surface area (Å²) in [6.45, 7) is 8.13. The highest BCUT2D eigenvalue weighted by Gasteiger charge is 2.30. The van der Waals surface area contributed by atoms with Crippen molar-refractivity contribution in [3.63, 3.8) is 0 Å². The molecule has 1 aromatic heterocycles. The summed E-state index contributed by atoms with van der Waals surface area (Å²) in [6, 6.07) is 13.5. The van der Waals surface area contributed by atoms with Gasteiger partial charge in [0.05, 0.1) is 10.9 Å². The third-order valence-electron chi connectivity index (χ3n) is 5.80. The van der Waals surface area contributed by atoms with Gasteiger partial charge in [0.25, 0.3) is 0 Å². The molecule has 2 heterocycles. The van der Waals surface area contributed by atoms with Gasteiger partial charge in [0.15, 0.2) is 0 Å². The van der Waals surface area contributed by atoms with E-state index in [2.05, 4.69) is 52.8 Å². The Morgan fingerprint density at radius 2 is 2.06 bits per heavy atom. The zero-order valence-corrected chi connectivity index (χ0v) is 20.0. The van der Waals surface area contributed by atoms with Gasteiger partial charge in [0.1, 0.15) is 6.54 Å². The molecule has 4 rings (SSSR count). The van der Waals surface area contributed by atoms with E-state index in [4.69, 9.17) is 27.7 Å². The Morgan fingerprint density at radius 3 is 2.79 bits per heavy atom. The van der Waals surface area contributed by atoms with E-state index in [1.165, 1.54) is 5.56 Å². The molecule has 1 aliphatic heterocycles. The summed E-state index contributed by atoms with van der Waals surface area (Å²) in [6.07, 6.45) is 3.53. The van der Waals surface area contributed by atoms with Crippen LogP contribution in [0, 0.1) is 12.8 Å². The van der Waals surface area contributed by atoms with Crippen molar-refractivity contribution in [2.75, 3.05) is 24.5 Å². The molecule has 0 radical (unpaired) electrons. The average molecular weight is 485 g/mol. The van der Waals surface area contributed by atoms with Gasteiger partial charge in [0.2, 0.25) is 17.6 Å². The second-order valence-electron chi connectivity index (χ2n) is 8.26. The number of nitrogens with zero attached hydrogens (tertiary/aromatic N) is 4. The van der Waals surface area contributed by atoms with Crippen LogP contribution in [0.2, 0.25) is 10.0 Å². The number of amides is 1. The number of anilines is 1. The van der Waals surface area contributed by atoms with Gasteiger partial charge in [-0.05, 0) is 50.1 Å². The molecule has 1 aliphatic rings. The van der Waals surface area contributed by atoms with Crippen molar-refractivity contribution in [2.24, 2.45) is 5.92 Å². The van der Waals surface area contributed by atoms with E-state index in [1.54, 1.807) is 29.2 Å². The van der Waals surface area contributed by atoms with Crippen LogP contribution in [0.3, 0.4) is 0 Å². The van der Waals surface area contributed by atoms with Gasteiger partial charge in [0, 0.05) is 35.9 Å². The third-order valence-corrected chi connectivity index (χ3v) is 6.34. The van der Waals surface area contributed by atoms with Crippen molar-refractivity contribution in [2.45, 2.75) is 26.3 Å². The highest BCUT2D eigenvalue weighted by molar-refractivity contribution is 6.36. The summed E-state index contributed by atoms with van der Waals surface area (Å²) >= 11 is 12.2. The van der Waals surface area contributed by atoms with E-state index in [-0.39, 0.29) is 18.4 Å². The number of hydrogen-bond donors (Lipinski definition) is 0. The smallest absolute Gasteiger partial charge is 0.246 e. The van der Waals surface area contributed by atoms with Crippen LogP contribution in [0.5, 0.6) is 0 Å². The van der Waals surface area contributed by atoms with Gasteiger partial charge in [-0.2, -0.15) is 4.98 Å². The molecule has 33 heavy (non-hydrogen) atoms. The quantitative estimate of drug-likeness (QED) is 0.397. The summed E-state index contributed by atoms with van der Waals surface area (Å²) in [4.78, 5) is 21.9. The van der Waals surface area contributed by atoms with Gasteiger partial charge in [-0.25, -0.2) is 0 Å². The minimum atomic E-state index is -0.104. The zero-order chi connectivity index (χ0) is 23.4. The van der Waals surface area contributed by atoms with E-state index in [0.717, 1.165) is 25.1 Å². The molecule has 0 bridgehead atoms. The molecule has 6 nitrogen and oxygen atoms in total. The number of carbonyl (C=O) groups is 1. The fraction of sp³-hybridized carbons (Fsp3) is 0.320. The Kier molecular flexibility index (Phi) is 7.36. The normalized spacial score (nSPS) is 16.0. The minimum absolute atomic E-state index is 0.0657. The lowest BCUT2D eigenvalue weighted by molar-refractivity contribution is -0.136. The Morgan fingerprint density at radius 1 is 1.27 bits per heavy atom. The number of halogens is 2. The maximum Gasteiger partial charge on any atom is 0.246 e. The molecule has 172 valence electrons. The molecule has 0 spiro atoms. The number of benzene rings is 2. The molecule has 1 atom stereocenters. The minimum Gasteiger partial charge on any atom is -0.371 e. The maximum absolute atomic E-state index is 13.4. The third kappa shape index (κ3) is 5.57. The number of piperidine rings is 1. The number of rotatable bonds is 7. The molecule has 2 aromatic carbocycles. The van der Waals surface area contributed by atoms with Crippen LogP contribution in [0.15, 0.2) is 59.6 Å². The van der Waals surface area contributed by atoms with Crippen LogP contribution in [0.1, 0.15) is 24.3 Å². The molecule has 3 aromatic rings. The predicted octanol–water partition coefficient (Wildman–Crippen LogP) is 5.78. The SMILES string of the molecule is C=CCN(Cc1nc(-c2ccc(Cl)cc2Cl)no1)C(=O)C1CCCN(c2ccc(C)cc2)C1. The van der Waals surface area contributed by atoms with Crippen molar-refractivity contribution >= 4 is 34.8 Å². The number of hydrogen-bond acceptors (Lipinski definition) is 5. The van der Waals surface area contributed by atoms with E-state index in [0.29, 0.717) is 40.4 Å². The van der Waals surface area contributed by atoms with Crippen molar-refractivity contribution in [3.8, 4) is 11.4 Å². The van der Waals surface area contributed by atoms with Gasteiger partial charge in [-0.15, -0.1) is 6.58 Å². The summed E-state index contributed by atoms with van der Waals surface area (Å²) < 4.78 is 5.43. The fourth-order valence-electron chi connectivity index (χ4n) is 4.08. The molecule has 1 fully saturated rings. The highest BCUT2D eigenvalue weighted by Crippen LogP contribution is 2.29. The van der Waals surface area contributed by atoms with E-state index < -0.39 is 0 Å². The van der Waals surface area contributed by atoms with Gasteiger partial charge in [-0.1, -0.05) is 52.1 Å². The summed E-state index contributed by atoms with van der Waals surface area (Å²) in [7, 11) is 0. The largest absolute Gasteiger partial charge is 0.371 e.